The molecule has 1 saturated heterocycles. The third kappa shape index (κ3) is 5.42. The van der Waals surface area contributed by atoms with Gasteiger partial charge in [-0.2, -0.15) is 0 Å². The van der Waals surface area contributed by atoms with Crippen molar-refractivity contribution in [2.45, 2.75) is 20.4 Å². The Bertz CT molecular complexity index is 1220. The van der Waals surface area contributed by atoms with E-state index in [4.69, 9.17) is 21.3 Å². The predicted molar refractivity (Wildman–Crippen MR) is 126 cm³/mol. The lowest BCUT2D eigenvalue weighted by molar-refractivity contribution is 0.0331. The van der Waals surface area contributed by atoms with E-state index in [2.05, 4.69) is 14.6 Å². The quantitative estimate of drug-likeness (QED) is 0.571. The van der Waals surface area contributed by atoms with E-state index in [0.717, 1.165) is 44.7 Å². The van der Waals surface area contributed by atoms with Crippen LogP contribution in [0.1, 0.15) is 21.8 Å². The van der Waals surface area contributed by atoms with Gasteiger partial charge in [-0.05, 0) is 43.2 Å². The molecule has 0 amide bonds. The highest BCUT2D eigenvalue weighted by molar-refractivity contribution is 7.95. The van der Waals surface area contributed by atoms with Gasteiger partial charge in [-0.1, -0.05) is 23.7 Å². The van der Waals surface area contributed by atoms with Crippen LogP contribution in [0.25, 0.3) is 16.3 Å². The number of nitrogens with one attached hydrogen (secondary N) is 1. The van der Waals surface area contributed by atoms with Crippen LogP contribution in [0, 0.1) is 13.8 Å². The van der Waals surface area contributed by atoms with Crippen molar-refractivity contribution in [2.24, 2.45) is 0 Å². The number of hydrogen-bond donors (Lipinski definition) is 1. The van der Waals surface area contributed by atoms with Crippen molar-refractivity contribution in [3.63, 3.8) is 0 Å². The zero-order valence-corrected chi connectivity index (χ0v) is 19.6. The fourth-order valence-corrected chi connectivity index (χ4v) is 5.30. The molecule has 164 valence electrons. The summed E-state index contributed by atoms with van der Waals surface area (Å²) >= 11 is 7.43. The Hall–Kier alpha value is -2.04. The number of ether oxygens (including phenoxy) is 1. The van der Waals surface area contributed by atoms with Crippen molar-refractivity contribution >= 4 is 55.1 Å². The van der Waals surface area contributed by atoms with E-state index < -0.39 is 10.0 Å². The number of morpholine rings is 1. The van der Waals surface area contributed by atoms with E-state index in [1.807, 2.05) is 13.8 Å². The van der Waals surface area contributed by atoms with E-state index in [1.165, 1.54) is 6.08 Å². The normalized spacial score (nSPS) is 15.7. The van der Waals surface area contributed by atoms with Crippen LogP contribution in [-0.2, 0) is 21.3 Å². The van der Waals surface area contributed by atoms with Crippen molar-refractivity contribution in [2.75, 3.05) is 31.0 Å². The minimum atomic E-state index is -3.77. The monoisotopic (exact) mass is 478 g/mol. The van der Waals surface area contributed by atoms with E-state index in [9.17, 15) is 8.42 Å². The number of fused-ring (bicyclic) bond motifs is 1. The second-order valence-corrected chi connectivity index (χ2v) is 10.5. The van der Waals surface area contributed by atoms with Gasteiger partial charge in [0.05, 0.1) is 30.6 Å². The van der Waals surface area contributed by atoms with Crippen LogP contribution in [0.3, 0.4) is 0 Å². The average Bonchev–Trinajstić information content (AvgIpc) is 3.02. The molecular weight excluding hydrogens is 456 g/mol. The molecule has 0 aliphatic carbocycles. The zero-order valence-electron chi connectivity index (χ0n) is 17.3. The van der Waals surface area contributed by atoms with Gasteiger partial charge in [0.2, 0.25) is 0 Å². The van der Waals surface area contributed by atoms with E-state index in [1.54, 1.807) is 35.6 Å². The van der Waals surface area contributed by atoms with Gasteiger partial charge >= 0.3 is 0 Å². The highest BCUT2D eigenvalue weighted by Crippen LogP contribution is 2.34. The molecule has 4 rings (SSSR count). The third-order valence-electron chi connectivity index (χ3n) is 5.09. The maximum Gasteiger partial charge on any atom is 0.256 e. The molecule has 0 atom stereocenters. The van der Waals surface area contributed by atoms with Crippen LogP contribution < -0.4 is 4.72 Å². The highest BCUT2D eigenvalue weighted by Gasteiger charge is 2.20. The molecule has 1 aliphatic heterocycles. The van der Waals surface area contributed by atoms with Crippen LogP contribution in [0.15, 0.2) is 29.7 Å². The van der Waals surface area contributed by atoms with E-state index in [0.29, 0.717) is 36.4 Å². The molecule has 10 heteroatoms. The Labute approximate surface area is 190 Å². The van der Waals surface area contributed by atoms with Crippen LogP contribution in [-0.4, -0.2) is 49.6 Å². The topological polar surface area (TPSA) is 84.4 Å². The zero-order chi connectivity index (χ0) is 22.0. The molecule has 31 heavy (non-hydrogen) atoms. The van der Waals surface area contributed by atoms with Crippen LogP contribution in [0.4, 0.5) is 5.82 Å². The number of hydrogen-bond acceptors (Lipinski definition) is 7. The Morgan fingerprint density at radius 2 is 1.90 bits per heavy atom. The SMILES string of the molecule is Cc1sc2nc(CN3CCOCC3)nc(NS(=O)(=O)C=Cc3ccc(Cl)cc3)c2c1C. The van der Waals surface area contributed by atoms with Crippen LogP contribution in [0.2, 0.25) is 5.02 Å². The number of aromatic nitrogens is 2. The highest BCUT2D eigenvalue weighted by atomic mass is 35.5. The smallest absolute Gasteiger partial charge is 0.256 e. The van der Waals surface area contributed by atoms with Gasteiger partial charge in [0, 0.05) is 23.0 Å². The van der Waals surface area contributed by atoms with Gasteiger partial charge in [-0.3, -0.25) is 9.62 Å². The molecule has 0 saturated carbocycles. The molecular formula is C21H23ClN4O3S2. The summed E-state index contributed by atoms with van der Waals surface area (Å²) in [7, 11) is -3.77. The summed E-state index contributed by atoms with van der Waals surface area (Å²) in [5.74, 6) is 0.908. The first kappa shape index (κ1) is 22.2. The molecule has 0 spiro atoms. The number of thiophene rings is 1. The molecule has 1 aromatic carbocycles. The second kappa shape index (κ2) is 9.22. The van der Waals surface area contributed by atoms with Gasteiger partial charge in [0.15, 0.2) is 5.82 Å². The van der Waals surface area contributed by atoms with Gasteiger partial charge in [0.25, 0.3) is 10.0 Å². The summed E-state index contributed by atoms with van der Waals surface area (Å²) in [5.41, 5.74) is 1.72. The summed E-state index contributed by atoms with van der Waals surface area (Å²) in [4.78, 5) is 13.4. The number of anilines is 1. The second-order valence-electron chi connectivity index (χ2n) is 7.34. The van der Waals surface area contributed by atoms with Gasteiger partial charge in [-0.15, -0.1) is 11.3 Å². The first-order valence-electron chi connectivity index (χ1n) is 9.84. The molecule has 0 radical (unpaired) electrons. The molecule has 3 aromatic rings. The molecule has 0 bridgehead atoms. The lowest BCUT2D eigenvalue weighted by Gasteiger charge is -2.25. The largest absolute Gasteiger partial charge is 0.379 e. The predicted octanol–water partition coefficient (Wildman–Crippen LogP) is 4.21. The fraction of sp³-hybridized carbons (Fsp3) is 0.333. The lowest BCUT2D eigenvalue weighted by atomic mass is 10.2. The van der Waals surface area contributed by atoms with E-state index >= 15 is 0 Å². The van der Waals surface area contributed by atoms with Crippen LogP contribution in [0.5, 0.6) is 0 Å². The summed E-state index contributed by atoms with van der Waals surface area (Å²) in [6.45, 7) is 7.46. The van der Waals surface area contributed by atoms with Crippen molar-refractivity contribution in [1.82, 2.24) is 14.9 Å². The summed E-state index contributed by atoms with van der Waals surface area (Å²) in [5, 5.41) is 2.48. The Morgan fingerprint density at radius 3 is 2.61 bits per heavy atom. The number of sulfonamides is 1. The van der Waals surface area contributed by atoms with Crippen molar-refractivity contribution in [1.29, 1.82) is 0 Å². The maximum atomic E-state index is 12.8. The molecule has 3 heterocycles. The Kier molecular flexibility index (Phi) is 6.59. The van der Waals surface area contributed by atoms with Crippen molar-refractivity contribution in [3.8, 4) is 0 Å². The van der Waals surface area contributed by atoms with Gasteiger partial charge in [0.1, 0.15) is 10.7 Å². The molecule has 1 fully saturated rings. The molecule has 1 N–H and O–H groups in total. The van der Waals surface area contributed by atoms with Gasteiger partial charge < -0.3 is 4.74 Å². The molecule has 2 aromatic heterocycles. The van der Waals surface area contributed by atoms with Crippen LogP contribution >= 0.6 is 22.9 Å². The number of benzene rings is 1. The number of rotatable bonds is 6. The molecule has 1 aliphatic rings. The number of nitrogens with zero attached hydrogens (tertiary/aromatic N) is 3. The number of halogens is 1. The standard InChI is InChI=1S/C21H23ClN4O3S2/c1-14-15(2)30-21-19(14)20(23-18(24-21)13-26-8-10-29-11-9-26)25-31(27,28)12-7-16-3-5-17(22)6-4-16/h3-7,12H,8-11,13H2,1-2H3,(H,23,24,25). The lowest BCUT2D eigenvalue weighted by Crippen LogP contribution is -2.36. The Balaban J connectivity index is 1.65. The fourth-order valence-electron chi connectivity index (χ4n) is 3.31. The minimum Gasteiger partial charge on any atom is -0.379 e. The maximum absolute atomic E-state index is 12.8. The summed E-state index contributed by atoms with van der Waals surface area (Å²) in [6.07, 6.45) is 1.53. The van der Waals surface area contributed by atoms with Gasteiger partial charge in [-0.25, -0.2) is 18.4 Å². The molecule has 0 unspecified atom stereocenters. The first-order valence-corrected chi connectivity index (χ1v) is 12.6. The average molecular weight is 479 g/mol. The number of aryl methyl sites for hydroxylation is 2. The summed E-state index contributed by atoms with van der Waals surface area (Å²) in [6, 6.07) is 6.93. The molecule has 7 nitrogen and oxygen atoms in total. The Morgan fingerprint density at radius 1 is 1.19 bits per heavy atom. The van der Waals surface area contributed by atoms with Crippen molar-refractivity contribution < 1.29 is 13.2 Å². The van der Waals surface area contributed by atoms with Crippen molar-refractivity contribution in [3.05, 3.63) is 56.5 Å². The summed E-state index contributed by atoms with van der Waals surface area (Å²) < 4.78 is 33.6. The first-order chi connectivity index (χ1) is 14.8. The van der Waals surface area contributed by atoms with E-state index in [-0.39, 0.29) is 0 Å². The third-order valence-corrected chi connectivity index (χ3v) is 7.42. The minimum absolute atomic E-state index is 0.316.